The monoisotopic (exact) mass is 118 g/mol. The van der Waals surface area contributed by atoms with Gasteiger partial charge in [-0.05, 0) is 7.05 Å². The molecular weight excluding hydrogens is 112 g/mol. The quantitative estimate of drug-likeness (QED) is 0.335. The normalized spacial score (nSPS) is 32.0. The SMILES string of the molecule is CN1CN=CC1Cl. The Morgan fingerprint density at radius 2 is 2.71 bits per heavy atom. The van der Waals surface area contributed by atoms with Crippen LogP contribution in [0.3, 0.4) is 0 Å². The van der Waals surface area contributed by atoms with Crippen molar-refractivity contribution in [1.82, 2.24) is 4.90 Å². The van der Waals surface area contributed by atoms with E-state index in [1.54, 1.807) is 6.21 Å². The van der Waals surface area contributed by atoms with E-state index in [1.165, 1.54) is 0 Å². The van der Waals surface area contributed by atoms with E-state index in [-0.39, 0.29) is 5.50 Å². The molecule has 1 aliphatic rings. The van der Waals surface area contributed by atoms with Crippen LogP contribution in [0.5, 0.6) is 0 Å². The van der Waals surface area contributed by atoms with Gasteiger partial charge in [0.2, 0.25) is 0 Å². The van der Waals surface area contributed by atoms with Crippen molar-refractivity contribution in [3.8, 4) is 0 Å². The Bertz CT molecular complexity index is 91.7. The average Bonchev–Trinajstić information content (AvgIpc) is 1.91. The largest absolute Gasteiger partial charge is 0.279 e. The molecule has 0 aromatic rings. The molecule has 0 bridgehead atoms. The van der Waals surface area contributed by atoms with Gasteiger partial charge in [0, 0.05) is 6.21 Å². The van der Waals surface area contributed by atoms with E-state index in [2.05, 4.69) is 4.99 Å². The van der Waals surface area contributed by atoms with Crippen LogP contribution in [0.1, 0.15) is 0 Å². The van der Waals surface area contributed by atoms with E-state index in [1.807, 2.05) is 11.9 Å². The highest BCUT2D eigenvalue weighted by molar-refractivity contribution is 6.28. The fourth-order valence-electron chi connectivity index (χ4n) is 0.455. The summed E-state index contributed by atoms with van der Waals surface area (Å²) in [6, 6.07) is 0. The van der Waals surface area contributed by atoms with Crippen LogP contribution in [-0.2, 0) is 0 Å². The first-order valence-corrected chi connectivity index (χ1v) is 2.58. The fraction of sp³-hybridized carbons (Fsp3) is 0.750. The van der Waals surface area contributed by atoms with Crippen LogP contribution in [0.25, 0.3) is 0 Å². The number of aliphatic imine (C=N–C) groups is 1. The molecule has 0 spiro atoms. The lowest BCUT2D eigenvalue weighted by molar-refractivity contribution is 0.395. The Kier molecular flexibility index (Phi) is 1.30. The maximum absolute atomic E-state index is 5.64. The number of nitrogens with zero attached hydrogens (tertiary/aromatic N) is 2. The predicted octanol–water partition coefficient (Wildman–Crippen LogP) is 0.525. The molecule has 3 heteroatoms. The van der Waals surface area contributed by atoms with Crippen LogP contribution in [0.4, 0.5) is 0 Å². The molecular formula is C4H7ClN2. The van der Waals surface area contributed by atoms with Gasteiger partial charge in [-0.3, -0.25) is 9.89 Å². The molecule has 0 saturated carbocycles. The van der Waals surface area contributed by atoms with Gasteiger partial charge in [0.1, 0.15) is 5.50 Å². The first-order chi connectivity index (χ1) is 3.30. The highest BCUT2D eigenvalue weighted by Gasteiger charge is 2.11. The molecule has 0 saturated heterocycles. The van der Waals surface area contributed by atoms with Gasteiger partial charge in [-0.1, -0.05) is 11.6 Å². The topological polar surface area (TPSA) is 15.6 Å². The lowest BCUT2D eigenvalue weighted by Gasteiger charge is -2.07. The molecule has 1 heterocycles. The molecule has 2 nitrogen and oxygen atoms in total. The second kappa shape index (κ2) is 1.80. The summed E-state index contributed by atoms with van der Waals surface area (Å²) in [6.45, 7) is 0.744. The minimum absolute atomic E-state index is 0.0278. The zero-order chi connectivity index (χ0) is 5.28. The third-order valence-corrected chi connectivity index (χ3v) is 1.40. The van der Waals surface area contributed by atoms with E-state index in [0.717, 1.165) is 6.67 Å². The van der Waals surface area contributed by atoms with E-state index < -0.39 is 0 Å². The molecule has 1 rings (SSSR count). The van der Waals surface area contributed by atoms with E-state index >= 15 is 0 Å². The lowest BCUT2D eigenvalue weighted by Crippen LogP contribution is -2.21. The van der Waals surface area contributed by atoms with Gasteiger partial charge in [-0.15, -0.1) is 0 Å². The Labute approximate surface area is 47.8 Å². The van der Waals surface area contributed by atoms with Crippen molar-refractivity contribution in [2.45, 2.75) is 5.50 Å². The van der Waals surface area contributed by atoms with E-state index in [0.29, 0.717) is 0 Å². The molecule has 7 heavy (non-hydrogen) atoms. The summed E-state index contributed by atoms with van der Waals surface area (Å²) in [5, 5.41) is 0. The van der Waals surface area contributed by atoms with Crippen LogP contribution in [0, 0.1) is 0 Å². The van der Waals surface area contributed by atoms with Crippen LogP contribution in [0.2, 0.25) is 0 Å². The number of rotatable bonds is 0. The highest BCUT2D eigenvalue weighted by atomic mass is 35.5. The van der Waals surface area contributed by atoms with Gasteiger partial charge in [0.15, 0.2) is 0 Å². The van der Waals surface area contributed by atoms with Crippen molar-refractivity contribution in [2.75, 3.05) is 13.7 Å². The zero-order valence-electron chi connectivity index (χ0n) is 4.13. The maximum Gasteiger partial charge on any atom is 0.122 e. The second-order valence-electron chi connectivity index (χ2n) is 1.60. The molecule has 0 aromatic carbocycles. The van der Waals surface area contributed by atoms with Crippen LogP contribution < -0.4 is 0 Å². The highest BCUT2D eigenvalue weighted by Crippen LogP contribution is 2.03. The molecule has 0 amide bonds. The van der Waals surface area contributed by atoms with Crippen molar-refractivity contribution in [3.05, 3.63) is 0 Å². The third-order valence-electron chi connectivity index (χ3n) is 0.954. The number of hydrogen-bond acceptors (Lipinski definition) is 2. The van der Waals surface area contributed by atoms with Crippen LogP contribution in [0.15, 0.2) is 4.99 Å². The van der Waals surface area contributed by atoms with Crippen molar-refractivity contribution in [1.29, 1.82) is 0 Å². The summed E-state index contributed by atoms with van der Waals surface area (Å²) in [7, 11) is 1.94. The summed E-state index contributed by atoms with van der Waals surface area (Å²) in [4.78, 5) is 5.86. The minimum Gasteiger partial charge on any atom is -0.279 e. The Hall–Kier alpha value is -0.0800. The van der Waals surface area contributed by atoms with Crippen molar-refractivity contribution >= 4 is 17.8 Å². The van der Waals surface area contributed by atoms with Crippen LogP contribution >= 0.6 is 11.6 Å². The molecule has 1 atom stereocenters. The predicted molar refractivity (Wildman–Crippen MR) is 30.8 cm³/mol. The number of alkyl halides is 1. The van der Waals surface area contributed by atoms with Gasteiger partial charge >= 0.3 is 0 Å². The summed E-state index contributed by atoms with van der Waals surface area (Å²) in [5.41, 5.74) is 0.0278. The molecule has 0 radical (unpaired) electrons. The van der Waals surface area contributed by atoms with Gasteiger partial charge in [-0.25, -0.2) is 0 Å². The molecule has 0 fully saturated rings. The fourth-order valence-corrected chi connectivity index (χ4v) is 0.596. The maximum atomic E-state index is 5.64. The Morgan fingerprint density at radius 3 is 2.86 bits per heavy atom. The van der Waals surface area contributed by atoms with Gasteiger partial charge in [0.25, 0.3) is 0 Å². The lowest BCUT2D eigenvalue weighted by atomic mass is 10.7. The third kappa shape index (κ3) is 0.924. The average molecular weight is 119 g/mol. The number of hydrogen-bond donors (Lipinski definition) is 0. The van der Waals surface area contributed by atoms with Crippen LogP contribution in [-0.4, -0.2) is 30.3 Å². The molecule has 0 N–H and O–H groups in total. The second-order valence-corrected chi connectivity index (χ2v) is 2.05. The zero-order valence-corrected chi connectivity index (χ0v) is 4.89. The summed E-state index contributed by atoms with van der Waals surface area (Å²) in [6.07, 6.45) is 1.74. The van der Waals surface area contributed by atoms with Gasteiger partial charge in [-0.2, -0.15) is 0 Å². The Balaban J connectivity index is 2.45. The standard InChI is InChI=1S/C4H7ClN2/c1-7-3-6-2-4(7)5/h2,4H,3H2,1H3. The Morgan fingerprint density at radius 1 is 2.00 bits per heavy atom. The number of halogens is 1. The minimum atomic E-state index is 0.0278. The first kappa shape index (κ1) is 5.06. The smallest absolute Gasteiger partial charge is 0.122 e. The first-order valence-electron chi connectivity index (χ1n) is 2.15. The summed E-state index contributed by atoms with van der Waals surface area (Å²) < 4.78 is 0. The summed E-state index contributed by atoms with van der Waals surface area (Å²) >= 11 is 5.64. The van der Waals surface area contributed by atoms with E-state index in [9.17, 15) is 0 Å². The van der Waals surface area contributed by atoms with E-state index in [4.69, 9.17) is 11.6 Å². The molecule has 40 valence electrons. The summed E-state index contributed by atoms with van der Waals surface area (Å²) in [5.74, 6) is 0. The molecule has 1 unspecified atom stereocenters. The molecule has 1 aliphatic heterocycles. The van der Waals surface area contributed by atoms with Crippen molar-refractivity contribution in [2.24, 2.45) is 4.99 Å². The molecule has 0 aromatic heterocycles. The molecule has 0 aliphatic carbocycles. The van der Waals surface area contributed by atoms with Gasteiger partial charge < -0.3 is 0 Å². The van der Waals surface area contributed by atoms with Crippen molar-refractivity contribution < 1.29 is 0 Å². The van der Waals surface area contributed by atoms with Crippen molar-refractivity contribution in [3.63, 3.8) is 0 Å². The van der Waals surface area contributed by atoms with Gasteiger partial charge in [0.05, 0.1) is 6.67 Å².